The number of hydrogen-bond acceptors (Lipinski definition) is 4. The molecule has 4 rings (SSSR count). The predicted molar refractivity (Wildman–Crippen MR) is 84.6 cm³/mol. The zero-order chi connectivity index (χ0) is 16.7. The Labute approximate surface area is 140 Å². The van der Waals surface area contributed by atoms with Crippen LogP contribution in [0.1, 0.15) is 43.6 Å². The molecule has 1 saturated heterocycles. The molecule has 128 valence electrons. The standard InChI is InChI=1S/C17H22FN5O/c1-12-10-22(11-16-19-20-21-23(16)15-6-7-15)9-8-17(12,24)13-2-4-14(18)5-3-13/h2-5,12,15,24H,6-11H2,1H3/p+1/t12-,17+/m0/s1. The van der Waals surface area contributed by atoms with Crippen LogP contribution >= 0.6 is 0 Å². The van der Waals surface area contributed by atoms with Gasteiger partial charge in [-0.1, -0.05) is 19.1 Å². The van der Waals surface area contributed by atoms with Gasteiger partial charge in [0.1, 0.15) is 18.0 Å². The Morgan fingerprint density at radius 1 is 1.33 bits per heavy atom. The summed E-state index contributed by atoms with van der Waals surface area (Å²) in [5, 5.41) is 23.2. The van der Waals surface area contributed by atoms with Crippen LogP contribution in [-0.4, -0.2) is 38.4 Å². The third-order valence-corrected chi connectivity index (χ3v) is 5.48. The van der Waals surface area contributed by atoms with Gasteiger partial charge in [-0.2, -0.15) is 0 Å². The van der Waals surface area contributed by atoms with E-state index in [-0.39, 0.29) is 11.7 Å². The third kappa shape index (κ3) is 2.82. The van der Waals surface area contributed by atoms with Crippen molar-refractivity contribution in [2.24, 2.45) is 5.92 Å². The van der Waals surface area contributed by atoms with Crippen LogP contribution < -0.4 is 4.90 Å². The number of nitrogens with zero attached hydrogens (tertiary/aromatic N) is 4. The lowest BCUT2D eigenvalue weighted by Crippen LogP contribution is -3.13. The van der Waals surface area contributed by atoms with Crippen LogP contribution in [0.15, 0.2) is 24.3 Å². The van der Waals surface area contributed by atoms with Gasteiger partial charge in [0, 0.05) is 12.3 Å². The monoisotopic (exact) mass is 332 g/mol. The average Bonchev–Trinajstić information content (AvgIpc) is 3.31. The fourth-order valence-corrected chi connectivity index (χ4v) is 3.80. The van der Waals surface area contributed by atoms with Crippen molar-refractivity contribution in [1.82, 2.24) is 20.2 Å². The van der Waals surface area contributed by atoms with Gasteiger partial charge >= 0.3 is 0 Å². The molecular weight excluding hydrogens is 309 g/mol. The maximum atomic E-state index is 13.2. The van der Waals surface area contributed by atoms with E-state index in [0.29, 0.717) is 12.5 Å². The lowest BCUT2D eigenvalue weighted by Gasteiger charge is -2.41. The number of nitrogens with one attached hydrogen (secondary N) is 1. The van der Waals surface area contributed by atoms with Crippen LogP contribution in [0.25, 0.3) is 0 Å². The van der Waals surface area contributed by atoms with Gasteiger partial charge in [0.05, 0.1) is 19.1 Å². The number of hydrogen-bond donors (Lipinski definition) is 2. The Balaban J connectivity index is 1.46. The van der Waals surface area contributed by atoms with Crippen LogP contribution in [-0.2, 0) is 12.1 Å². The number of benzene rings is 1. The smallest absolute Gasteiger partial charge is 0.206 e. The fraction of sp³-hybridized carbons (Fsp3) is 0.588. The molecule has 2 aromatic rings. The molecule has 0 spiro atoms. The first-order chi connectivity index (χ1) is 11.6. The molecule has 1 aliphatic heterocycles. The van der Waals surface area contributed by atoms with Crippen LogP contribution in [0, 0.1) is 11.7 Å². The van der Waals surface area contributed by atoms with E-state index in [0.717, 1.165) is 43.9 Å². The second-order valence-electron chi connectivity index (χ2n) is 7.23. The summed E-state index contributed by atoms with van der Waals surface area (Å²) in [6.45, 7) is 4.53. The molecule has 2 aliphatic rings. The highest BCUT2D eigenvalue weighted by molar-refractivity contribution is 5.24. The highest BCUT2D eigenvalue weighted by atomic mass is 19.1. The third-order valence-electron chi connectivity index (χ3n) is 5.48. The summed E-state index contributed by atoms with van der Waals surface area (Å²) in [5.41, 5.74) is -0.0853. The Kier molecular flexibility index (Phi) is 3.85. The van der Waals surface area contributed by atoms with Gasteiger partial charge in [-0.15, -0.1) is 5.10 Å². The molecule has 7 heteroatoms. The molecule has 0 bridgehead atoms. The molecule has 0 amide bonds. The Morgan fingerprint density at radius 3 is 2.75 bits per heavy atom. The van der Waals surface area contributed by atoms with Crippen molar-refractivity contribution in [3.63, 3.8) is 0 Å². The molecule has 1 aliphatic carbocycles. The first kappa shape index (κ1) is 15.7. The number of piperidine rings is 1. The minimum Gasteiger partial charge on any atom is -0.384 e. The maximum absolute atomic E-state index is 13.2. The second kappa shape index (κ2) is 5.89. The lowest BCUT2D eigenvalue weighted by molar-refractivity contribution is -0.926. The van der Waals surface area contributed by atoms with Crippen molar-refractivity contribution < 1.29 is 14.4 Å². The molecule has 24 heavy (non-hydrogen) atoms. The largest absolute Gasteiger partial charge is 0.384 e. The molecule has 2 N–H and O–H groups in total. The van der Waals surface area contributed by atoms with Gasteiger partial charge in [0.15, 0.2) is 0 Å². The summed E-state index contributed by atoms with van der Waals surface area (Å²) in [4.78, 5) is 1.38. The quantitative estimate of drug-likeness (QED) is 0.854. The summed E-state index contributed by atoms with van der Waals surface area (Å²) in [5.74, 6) is 0.744. The summed E-state index contributed by atoms with van der Waals surface area (Å²) >= 11 is 0. The van der Waals surface area contributed by atoms with Gasteiger partial charge in [0.25, 0.3) is 0 Å². The summed E-state index contributed by atoms with van der Waals surface area (Å²) in [6.07, 6.45) is 2.97. The van der Waals surface area contributed by atoms with E-state index >= 15 is 0 Å². The molecule has 6 nitrogen and oxygen atoms in total. The molecule has 3 atom stereocenters. The first-order valence-electron chi connectivity index (χ1n) is 8.65. The molecule has 2 heterocycles. The van der Waals surface area contributed by atoms with Crippen molar-refractivity contribution in [3.8, 4) is 0 Å². The minimum atomic E-state index is -0.889. The zero-order valence-corrected chi connectivity index (χ0v) is 13.8. The van der Waals surface area contributed by atoms with Crippen LogP contribution in [0.2, 0.25) is 0 Å². The normalized spacial score (nSPS) is 30.5. The Morgan fingerprint density at radius 2 is 2.08 bits per heavy atom. The van der Waals surface area contributed by atoms with Crippen LogP contribution in [0.3, 0.4) is 0 Å². The number of likely N-dealkylation sites (tertiary alicyclic amines) is 1. The second-order valence-corrected chi connectivity index (χ2v) is 7.23. The number of quaternary nitrogens is 1. The fourth-order valence-electron chi connectivity index (χ4n) is 3.80. The van der Waals surface area contributed by atoms with E-state index in [4.69, 9.17) is 0 Å². The SMILES string of the molecule is C[C@H]1C[NH+](Cc2nnnn2C2CC2)CC[C@]1(O)c1ccc(F)cc1. The highest BCUT2D eigenvalue weighted by Crippen LogP contribution is 2.35. The molecule has 1 saturated carbocycles. The van der Waals surface area contributed by atoms with E-state index in [2.05, 4.69) is 22.4 Å². The first-order valence-corrected chi connectivity index (χ1v) is 8.65. The summed E-state index contributed by atoms with van der Waals surface area (Å²) < 4.78 is 15.1. The van der Waals surface area contributed by atoms with Gasteiger partial charge in [-0.05, 0) is 41.0 Å². The lowest BCUT2D eigenvalue weighted by atomic mass is 9.77. The van der Waals surface area contributed by atoms with Crippen LogP contribution in [0.4, 0.5) is 4.39 Å². The van der Waals surface area contributed by atoms with Crippen molar-refractivity contribution in [3.05, 3.63) is 41.5 Å². The van der Waals surface area contributed by atoms with E-state index < -0.39 is 5.60 Å². The van der Waals surface area contributed by atoms with E-state index in [1.807, 2.05) is 4.68 Å². The summed E-state index contributed by atoms with van der Waals surface area (Å²) in [6, 6.07) is 6.72. The number of tetrazole rings is 1. The Bertz CT molecular complexity index is 714. The number of aromatic nitrogens is 4. The highest BCUT2D eigenvalue weighted by Gasteiger charge is 2.43. The molecule has 1 unspecified atom stereocenters. The molecule has 1 aromatic heterocycles. The maximum Gasteiger partial charge on any atom is 0.206 e. The predicted octanol–water partition coefficient (Wildman–Crippen LogP) is 0.460. The van der Waals surface area contributed by atoms with Crippen LogP contribution in [0.5, 0.6) is 0 Å². The summed E-state index contributed by atoms with van der Waals surface area (Å²) in [7, 11) is 0. The van der Waals surface area contributed by atoms with Crippen molar-refractivity contribution >= 4 is 0 Å². The molecule has 0 radical (unpaired) electrons. The number of halogens is 1. The van der Waals surface area contributed by atoms with Gasteiger partial charge in [0.2, 0.25) is 5.82 Å². The van der Waals surface area contributed by atoms with Crippen molar-refractivity contribution in [1.29, 1.82) is 0 Å². The number of aliphatic hydroxyl groups is 1. The van der Waals surface area contributed by atoms with E-state index in [1.54, 1.807) is 12.1 Å². The molecule has 1 aromatic carbocycles. The van der Waals surface area contributed by atoms with Crippen molar-refractivity contribution in [2.75, 3.05) is 13.1 Å². The molecular formula is C17H23FN5O+. The minimum absolute atomic E-state index is 0.0805. The van der Waals surface area contributed by atoms with E-state index in [1.165, 1.54) is 17.0 Å². The van der Waals surface area contributed by atoms with E-state index in [9.17, 15) is 9.50 Å². The topological polar surface area (TPSA) is 68.3 Å². The van der Waals surface area contributed by atoms with Crippen molar-refractivity contribution in [2.45, 2.75) is 44.4 Å². The molecule has 2 fully saturated rings. The van der Waals surface area contributed by atoms with Gasteiger partial charge in [-0.25, -0.2) is 9.07 Å². The van der Waals surface area contributed by atoms with Gasteiger partial charge in [-0.3, -0.25) is 0 Å². The van der Waals surface area contributed by atoms with Gasteiger partial charge < -0.3 is 10.0 Å². The number of rotatable bonds is 4. The average molecular weight is 332 g/mol. The Hall–Kier alpha value is -1.86. The zero-order valence-electron chi connectivity index (χ0n) is 13.8.